The van der Waals surface area contributed by atoms with Gasteiger partial charge < -0.3 is 10.4 Å². The molecule has 0 aliphatic heterocycles. The Morgan fingerprint density at radius 3 is 1.84 bits per heavy atom. The lowest BCUT2D eigenvalue weighted by Gasteiger charge is -2.37. The van der Waals surface area contributed by atoms with Crippen molar-refractivity contribution in [2.45, 2.75) is 44.8 Å². The van der Waals surface area contributed by atoms with Crippen LogP contribution in [0.25, 0.3) is 0 Å². The Labute approximate surface area is 220 Å². The molecule has 4 nitrogen and oxygen atoms in total. The van der Waals surface area contributed by atoms with Crippen molar-refractivity contribution in [2.75, 3.05) is 11.9 Å². The first-order valence-corrected chi connectivity index (χ1v) is 13.0. The largest absolute Gasteiger partial charge is 0.392 e. The average molecular weight is 493 g/mol. The molecule has 0 saturated heterocycles. The number of aliphatic hydroxyl groups excluding tert-OH is 1. The maximum absolute atomic E-state index is 12.4. The van der Waals surface area contributed by atoms with Crippen LogP contribution in [0.4, 0.5) is 5.69 Å². The number of amides is 1. The summed E-state index contributed by atoms with van der Waals surface area (Å²) in [5.41, 5.74) is 5.99. The summed E-state index contributed by atoms with van der Waals surface area (Å²) in [7, 11) is 0. The molecule has 0 spiro atoms. The summed E-state index contributed by atoms with van der Waals surface area (Å²) in [5.74, 6) is 0.0206. The number of aryl methyl sites for hydroxylation is 1. The predicted molar refractivity (Wildman–Crippen MR) is 151 cm³/mol. The minimum absolute atomic E-state index is 0.00199. The molecule has 4 heteroatoms. The predicted octanol–water partition coefficient (Wildman–Crippen LogP) is 6.57. The van der Waals surface area contributed by atoms with E-state index in [1.54, 1.807) is 0 Å². The molecule has 0 unspecified atom stereocenters. The third-order valence-electron chi connectivity index (χ3n) is 6.79. The number of rotatable bonds is 12. The summed E-state index contributed by atoms with van der Waals surface area (Å²) >= 11 is 0. The van der Waals surface area contributed by atoms with Gasteiger partial charge in [0.1, 0.15) is 0 Å². The van der Waals surface area contributed by atoms with E-state index in [0.29, 0.717) is 6.42 Å². The van der Waals surface area contributed by atoms with Crippen LogP contribution < -0.4 is 10.6 Å². The van der Waals surface area contributed by atoms with Crippen molar-refractivity contribution in [2.24, 2.45) is 0 Å². The van der Waals surface area contributed by atoms with Crippen molar-refractivity contribution < 1.29 is 9.90 Å². The Balaban J connectivity index is 1.41. The van der Waals surface area contributed by atoms with Crippen LogP contribution in [0.1, 0.15) is 53.5 Å². The normalized spacial score (nSPS) is 11.3. The number of carbonyl (C=O) groups is 1. The maximum Gasteiger partial charge on any atom is 0.224 e. The van der Waals surface area contributed by atoms with Gasteiger partial charge in [-0.05, 0) is 60.7 Å². The standard InChI is InChI=1S/C33H36N2O2/c1-26-16-20-30(21-17-26)33(28-11-5-2-6-12-28,29-13-7-3-8-14-29)34-24-10-4-9-15-32(37)35-31-22-18-27(25-36)19-23-31/h2-3,5-8,11-14,16-23,34,36H,4,9-10,15,24-25H2,1H3,(H,35,37). The van der Waals surface area contributed by atoms with Gasteiger partial charge in [-0.1, -0.05) is 109 Å². The number of hydrogen-bond donors (Lipinski definition) is 3. The zero-order valence-electron chi connectivity index (χ0n) is 21.5. The average Bonchev–Trinajstić information content (AvgIpc) is 2.95. The Morgan fingerprint density at radius 1 is 0.703 bits per heavy atom. The lowest BCUT2D eigenvalue weighted by atomic mass is 9.76. The van der Waals surface area contributed by atoms with Crippen molar-refractivity contribution in [1.29, 1.82) is 0 Å². The fourth-order valence-corrected chi connectivity index (χ4v) is 4.77. The molecule has 0 atom stereocenters. The second kappa shape index (κ2) is 13.0. The summed E-state index contributed by atoms with van der Waals surface area (Å²) in [6, 6.07) is 37.3. The molecule has 0 aromatic heterocycles. The zero-order valence-corrected chi connectivity index (χ0v) is 21.5. The number of anilines is 1. The third-order valence-corrected chi connectivity index (χ3v) is 6.79. The van der Waals surface area contributed by atoms with E-state index in [1.165, 1.54) is 22.3 Å². The molecule has 0 aliphatic rings. The van der Waals surface area contributed by atoms with Crippen molar-refractivity contribution in [3.05, 3.63) is 137 Å². The number of unbranched alkanes of at least 4 members (excludes halogenated alkanes) is 2. The van der Waals surface area contributed by atoms with Gasteiger partial charge in [0.25, 0.3) is 0 Å². The van der Waals surface area contributed by atoms with E-state index in [0.717, 1.165) is 37.1 Å². The molecule has 37 heavy (non-hydrogen) atoms. The first-order chi connectivity index (χ1) is 18.1. The molecule has 4 rings (SSSR count). The number of benzene rings is 4. The molecule has 4 aromatic carbocycles. The number of carbonyl (C=O) groups excluding carboxylic acids is 1. The molecule has 0 heterocycles. The first kappa shape index (κ1) is 26.3. The van der Waals surface area contributed by atoms with Gasteiger partial charge in [0.2, 0.25) is 5.91 Å². The number of hydrogen-bond acceptors (Lipinski definition) is 3. The zero-order chi connectivity index (χ0) is 25.9. The molecular weight excluding hydrogens is 456 g/mol. The van der Waals surface area contributed by atoms with Crippen molar-refractivity contribution in [3.8, 4) is 0 Å². The number of aliphatic hydroxyl groups is 1. The molecule has 0 radical (unpaired) electrons. The SMILES string of the molecule is Cc1ccc(C(NCCCCCC(=O)Nc2ccc(CO)cc2)(c2ccccc2)c2ccccc2)cc1. The second-order valence-corrected chi connectivity index (χ2v) is 9.49. The van der Waals surface area contributed by atoms with Crippen LogP contribution in [0.3, 0.4) is 0 Å². The molecule has 1 amide bonds. The lowest BCUT2D eigenvalue weighted by Crippen LogP contribution is -2.45. The highest BCUT2D eigenvalue weighted by atomic mass is 16.3. The van der Waals surface area contributed by atoms with Crippen molar-refractivity contribution in [3.63, 3.8) is 0 Å². The van der Waals surface area contributed by atoms with E-state index in [2.05, 4.69) is 102 Å². The topological polar surface area (TPSA) is 61.4 Å². The fourth-order valence-electron chi connectivity index (χ4n) is 4.77. The van der Waals surface area contributed by atoms with Gasteiger partial charge in [0, 0.05) is 12.1 Å². The molecule has 3 N–H and O–H groups in total. The molecule has 0 saturated carbocycles. The van der Waals surface area contributed by atoms with Crippen molar-refractivity contribution >= 4 is 11.6 Å². The van der Waals surface area contributed by atoms with Gasteiger partial charge in [-0.15, -0.1) is 0 Å². The van der Waals surface area contributed by atoms with E-state index in [4.69, 9.17) is 5.11 Å². The molecule has 0 fully saturated rings. The van der Waals surface area contributed by atoms with Crippen LogP contribution >= 0.6 is 0 Å². The van der Waals surface area contributed by atoms with Gasteiger partial charge >= 0.3 is 0 Å². The van der Waals surface area contributed by atoms with E-state index >= 15 is 0 Å². The van der Waals surface area contributed by atoms with Crippen LogP contribution in [0, 0.1) is 6.92 Å². The maximum atomic E-state index is 12.4. The summed E-state index contributed by atoms with van der Waals surface area (Å²) in [4.78, 5) is 12.4. The van der Waals surface area contributed by atoms with E-state index in [-0.39, 0.29) is 12.5 Å². The van der Waals surface area contributed by atoms with Gasteiger partial charge in [-0.2, -0.15) is 0 Å². The van der Waals surface area contributed by atoms with Gasteiger partial charge in [0.15, 0.2) is 0 Å². The Bertz CT molecular complexity index is 1200. The highest BCUT2D eigenvalue weighted by molar-refractivity contribution is 5.90. The first-order valence-electron chi connectivity index (χ1n) is 13.0. The summed E-state index contributed by atoms with van der Waals surface area (Å²) < 4.78 is 0. The Morgan fingerprint density at radius 2 is 1.27 bits per heavy atom. The highest BCUT2D eigenvalue weighted by Gasteiger charge is 2.35. The monoisotopic (exact) mass is 492 g/mol. The summed E-state index contributed by atoms with van der Waals surface area (Å²) in [5, 5.41) is 16.0. The van der Waals surface area contributed by atoms with Gasteiger partial charge in [-0.3, -0.25) is 10.1 Å². The minimum Gasteiger partial charge on any atom is -0.392 e. The van der Waals surface area contributed by atoms with Crippen LogP contribution in [-0.2, 0) is 16.9 Å². The Hall–Kier alpha value is -3.73. The van der Waals surface area contributed by atoms with Crippen LogP contribution in [0.2, 0.25) is 0 Å². The van der Waals surface area contributed by atoms with E-state index < -0.39 is 5.54 Å². The van der Waals surface area contributed by atoms with Crippen molar-refractivity contribution in [1.82, 2.24) is 5.32 Å². The van der Waals surface area contributed by atoms with Gasteiger partial charge in [0.05, 0.1) is 12.1 Å². The fraction of sp³-hybridized carbons (Fsp3) is 0.242. The van der Waals surface area contributed by atoms with E-state index in [1.807, 2.05) is 24.3 Å². The summed E-state index contributed by atoms with van der Waals surface area (Å²) in [6.45, 7) is 2.94. The van der Waals surface area contributed by atoms with Crippen LogP contribution in [-0.4, -0.2) is 17.6 Å². The van der Waals surface area contributed by atoms with Crippen LogP contribution in [0.5, 0.6) is 0 Å². The smallest absolute Gasteiger partial charge is 0.224 e. The van der Waals surface area contributed by atoms with Crippen LogP contribution in [0.15, 0.2) is 109 Å². The Kier molecular flexibility index (Phi) is 9.25. The third kappa shape index (κ3) is 6.73. The summed E-state index contributed by atoms with van der Waals surface area (Å²) in [6.07, 6.45) is 3.24. The highest BCUT2D eigenvalue weighted by Crippen LogP contribution is 2.37. The lowest BCUT2D eigenvalue weighted by molar-refractivity contribution is -0.116. The number of nitrogens with one attached hydrogen (secondary N) is 2. The second-order valence-electron chi connectivity index (χ2n) is 9.49. The molecule has 190 valence electrons. The molecular formula is C33H36N2O2. The molecule has 0 aliphatic carbocycles. The van der Waals surface area contributed by atoms with Gasteiger partial charge in [-0.25, -0.2) is 0 Å². The minimum atomic E-state index is -0.464. The quantitative estimate of drug-likeness (QED) is 0.155. The molecule has 0 bridgehead atoms. The van der Waals surface area contributed by atoms with E-state index in [9.17, 15) is 4.79 Å². The molecule has 4 aromatic rings.